The third kappa shape index (κ3) is 3.36. The summed E-state index contributed by atoms with van der Waals surface area (Å²) in [4.78, 5) is 12.0. The predicted octanol–water partition coefficient (Wildman–Crippen LogP) is 1.89. The molecular weight excluding hydrogens is 250 g/mol. The van der Waals surface area contributed by atoms with E-state index in [-0.39, 0.29) is 5.91 Å². The summed E-state index contributed by atoms with van der Waals surface area (Å²) >= 11 is 0. The highest BCUT2D eigenvalue weighted by Gasteiger charge is 2.14. The Morgan fingerprint density at radius 3 is 2.55 bits per heavy atom. The van der Waals surface area contributed by atoms with Crippen LogP contribution in [0.5, 0.6) is 0 Å². The van der Waals surface area contributed by atoms with Gasteiger partial charge in [-0.15, -0.1) is 0 Å². The summed E-state index contributed by atoms with van der Waals surface area (Å²) in [6, 6.07) is 14.4. The quantitative estimate of drug-likeness (QED) is 0.741. The number of nitrogens with one attached hydrogen (secondary N) is 1. The molecular formula is C16H19N3O. The van der Waals surface area contributed by atoms with Crippen LogP contribution < -0.4 is 16.8 Å². The summed E-state index contributed by atoms with van der Waals surface area (Å²) in [6.07, 6.45) is 0. The molecule has 1 unspecified atom stereocenters. The maximum atomic E-state index is 12.0. The molecule has 0 saturated carbocycles. The van der Waals surface area contributed by atoms with Crippen molar-refractivity contribution >= 4 is 11.6 Å². The second-order valence-electron chi connectivity index (χ2n) is 4.80. The van der Waals surface area contributed by atoms with Crippen LogP contribution in [0.25, 0.3) is 0 Å². The Bertz CT molecular complexity index is 596. The van der Waals surface area contributed by atoms with E-state index in [9.17, 15) is 4.79 Å². The van der Waals surface area contributed by atoms with Gasteiger partial charge in [0.15, 0.2) is 0 Å². The number of hydrogen-bond acceptors (Lipinski definition) is 3. The van der Waals surface area contributed by atoms with E-state index in [2.05, 4.69) is 5.32 Å². The second-order valence-corrected chi connectivity index (χ2v) is 4.80. The molecule has 4 heteroatoms. The topological polar surface area (TPSA) is 81.1 Å². The summed E-state index contributed by atoms with van der Waals surface area (Å²) in [5.41, 5.74) is 15.3. The Morgan fingerprint density at radius 1 is 1.20 bits per heavy atom. The van der Waals surface area contributed by atoms with Gasteiger partial charge >= 0.3 is 0 Å². The van der Waals surface area contributed by atoms with Gasteiger partial charge in [0.05, 0.1) is 0 Å². The summed E-state index contributed by atoms with van der Waals surface area (Å²) in [5.74, 6) is -0.189. The number of hydrogen-bond donors (Lipinski definition) is 3. The van der Waals surface area contributed by atoms with Crippen LogP contribution in [-0.4, -0.2) is 5.91 Å². The van der Waals surface area contributed by atoms with Crippen molar-refractivity contribution in [3.05, 3.63) is 65.2 Å². The van der Waals surface area contributed by atoms with Gasteiger partial charge in [-0.3, -0.25) is 4.79 Å². The van der Waals surface area contributed by atoms with Crippen LogP contribution in [0.2, 0.25) is 0 Å². The lowest BCUT2D eigenvalue weighted by Crippen LogP contribution is -2.33. The maximum absolute atomic E-state index is 12.0. The summed E-state index contributed by atoms with van der Waals surface area (Å²) in [7, 11) is 0. The monoisotopic (exact) mass is 269 g/mol. The van der Waals surface area contributed by atoms with Crippen molar-refractivity contribution in [2.45, 2.75) is 19.5 Å². The second kappa shape index (κ2) is 6.21. The Kier molecular flexibility index (Phi) is 4.38. The summed E-state index contributed by atoms with van der Waals surface area (Å²) in [5, 5.41) is 2.84. The first-order valence-electron chi connectivity index (χ1n) is 6.51. The normalized spacial score (nSPS) is 11.9. The van der Waals surface area contributed by atoms with Crippen molar-refractivity contribution in [1.82, 2.24) is 5.32 Å². The molecule has 0 fully saturated rings. The first kappa shape index (κ1) is 14.1. The summed E-state index contributed by atoms with van der Waals surface area (Å²) in [6.45, 7) is 2.39. The third-order valence-electron chi connectivity index (χ3n) is 3.24. The van der Waals surface area contributed by atoms with Gasteiger partial charge < -0.3 is 16.8 Å². The number of aryl methyl sites for hydroxylation is 1. The molecule has 1 atom stereocenters. The van der Waals surface area contributed by atoms with Gasteiger partial charge in [-0.05, 0) is 29.7 Å². The van der Waals surface area contributed by atoms with Crippen molar-refractivity contribution in [1.29, 1.82) is 0 Å². The zero-order valence-corrected chi connectivity index (χ0v) is 11.5. The van der Waals surface area contributed by atoms with Gasteiger partial charge in [0.25, 0.3) is 0 Å². The molecule has 0 saturated heterocycles. The highest BCUT2D eigenvalue weighted by atomic mass is 16.2. The van der Waals surface area contributed by atoms with E-state index < -0.39 is 6.04 Å². The Labute approximate surface area is 118 Å². The SMILES string of the molecule is Cc1cc(CNC(=O)C(N)c2ccccc2)ccc1N. The number of carbonyl (C=O) groups excluding carboxylic acids is 1. The van der Waals surface area contributed by atoms with Gasteiger partial charge in [-0.25, -0.2) is 0 Å². The van der Waals surface area contributed by atoms with E-state index in [1.807, 2.05) is 55.5 Å². The number of amides is 1. The highest BCUT2D eigenvalue weighted by Crippen LogP contribution is 2.13. The predicted molar refractivity (Wildman–Crippen MR) is 80.8 cm³/mol. The van der Waals surface area contributed by atoms with Gasteiger partial charge in [0, 0.05) is 12.2 Å². The van der Waals surface area contributed by atoms with Crippen LogP contribution in [0, 0.1) is 6.92 Å². The van der Waals surface area contributed by atoms with Gasteiger partial charge in [0.2, 0.25) is 5.91 Å². The standard InChI is InChI=1S/C16H19N3O/c1-11-9-12(7-8-14(11)17)10-19-16(20)15(18)13-5-3-2-4-6-13/h2-9,15H,10,17-18H2,1H3,(H,19,20). The lowest BCUT2D eigenvalue weighted by atomic mass is 10.1. The molecule has 1 amide bonds. The van der Waals surface area contributed by atoms with Crippen molar-refractivity contribution in [2.75, 3.05) is 5.73 Å². The molecule has 0 aliphatic carbocycles. The molecule has 20 heavy (non-hydrogen) atoms. The average Bonchev–Trinajstić information content (AvgIpc) is 2.48. The number of benzene rings is 2. The molecule has 0 radical (unpaired) electrons. The fourth-order valence-electron chi connectivity index (χ4n) is 1.96. The smallest absolute Gasteiger partial charge is 0.241 e. The van der Waals surface area contributed by atoms with E-state index in [0.29, 0.717) is 6.54 Å². The lowest BCUT2D eigenvalue weighted by molar-refractivity contribution is -0.122. The van der Waals surface area contributed by atoms with Crippen LogP contribution in [-0.2, 0) is 11.3 Å². The van der Waals surface area contributed by atoms with Crippen molar-refractivity contribution in [2.24, 2.45) is 5.73 Å². The van der Waals surface area contributed by atoms with Crippen molar-refractivity contribution < 1.29 is 4.79 Å². The average molecular weight is 269 g/mol. The molecule has 0 aliphatic heterocycles. The molecule has 2 aromatic rings. The molecule has 0 heterocycles. The van der Waals surface area contributed by atoms with Crippen LogP contribution in [0.3, 0.4) is 0 Å². The Morgan fingerprint density at radius 2 is 1.90 bits per heavy atom. The number of nitrogens with two attached hydrogens (primary N) is 2. The first-order chi connectivity index (χ1) is 9.58. The fourth-order valence-corrected chi connectivity index (χ4v) is 1.96. The van der Waals surface area contributed by atoms with Crippen LogP contribution in [0.4, 0.5) is 5.69 Å². The molecule has 4 nitrogen and oxygen atoms in total. The number of rotatable bonds is 4. The zero-order valence-electron chi connectivity index (χ0n) is 11.5. The molecule has 2 rings (SSSR count). The summed E-state index contributed by atoms with van der Waals surface area (Å²) < 4.78 is 0. The minimum atomic E-state index is -0.647. The van der Waals surface area contributed by atoms with E-state index >= 15 is 0 Å². The zero-order chi connectivity index (χ0) is 14.5. The van der Waals surface area contributed by atoms with Crippen molar-refractivity contribution in [3.8, 4) is 0 Å². The highest BCUT2D eigenvalue weighted by molar-refractivity contribution is 5.82. The minimum Gasteiger partial charge on any atom is -0.399 e. The molecule has 0 spiro atoms. The molecule has 104 valence electrons. The Balaban J connectivity index is 1.96. The molecule has 5 N–H and O–H groups in total. The van der Waals surface area contributed by atoms with Gasteiger partial charge in [-0.1, -0.05) is 42.5 Å². The number of carbonyl (C=O) groups is 1. The molecule has 0 aliphatic rings. The van der Waals surface area contributed by atoms with E-state index in [0.717, 1.165) is 22.4 Å². The molecule has 2 aromatic carbocycles. The van der Waals surface area contributed by atoms with Crippen molar-refractivity contribution in [3.63, 3.8) is 0 Å². The maximum Gasteiger partial charge on any atom is 0.241 e. The number of anilines is 1. The van der Waals surface area contributed by atoms with E-state index in [4.69, 9.17) is 11.5 Å². The van der Waals surface area contributed by atoms with E-state index in [1.54, 1.807) is 0 Å². The van der Waals surface area contributed by atoms with Crippen LogP contribution in [0.1, 0.15) is 22.7 Å². The minimum absolute atomic E-state index is 0.189. The van der Waals surface area contributed by atoms with Gasteiger partial charge in [0.1, 0.15) is 6.04 Å². The largest absolute Gasteiger partial charge is 0.399 e. The number of nitrogen functional groups attached to an aromatic ring is 1. The third-order valence-corrected chi connectivity index (χ3v) is 3.24. The van der Waals surface area contributed by atoms with Crippen LogP contribution in [0.15, 0.2) is 48.5 Å². The lowest BCUT2D eigenvalue weighted by Gasteiger charge is -2.13. The first-order valence-corrected chi connectivity index (χ1v) is 6.51. The fraction of sp³-hybridized carbons (Fsp3) is 0.188. The molecule has 0 aromatic heterocycles. The van der Waals surface area contributed by atoms with Crippen LogP contribution >= 0.6 is 0 Å². The molecule has 0 bridgehead atoms. The Hall–Kier alpha value is -2.33. The van der Waals surface area contributed by atoms with Gasteiger partial charge in [-0.2, -0.15) is 0 Å². The van der Waals surface area contributed by atoms with E-state index in [1.165, 1.54) is 0 Å².